The van der Waals surface area contributed by atoms with Crippen LogP contribution in [-0.4, -0.2) is 34.6 Å². The molecule has 1 aliphatic rings. The van der Waals surface area contributed by atoms with Crippen molar-refractivity contribution in [2.75, 3.05) is 6.61 Å². The van der Waals surface area contributed by atoms with Gasteiger partial charge in [0.2, 0.25) is 0 Å². The van der Waals surface area contributed by atoms with Crippen LogP contribution in [0.3, 0.4) is 0 Å². The van der Waals surface area contributed by atoms with E-state index in [0.29, 0.717) is 6.42 Å². The van der Waals surface area contributed by atoms with Crippen LogP contribution in [-0.2, 0) is 23.0 Å². The zero-order valence-electron chi connectivity index (χ0n) is 16.0. The zero-order valence-corrected chi connectivity index (χ0v) is 18.5. The first-order chi connectivity index (χ1) is 11.9. The average Bonchev–Trinajstić information content (AvgIpc) is 2.91. The van der Waals surface area contributed by atoms with Crippen molar-refractivity contribution in [3.05, 3.63) is 28.5 Å². The van der Waals surface area contributed by atoms with Gasteiger partial charge in [-0.3, -0.25) is 18.6 Å². The molecule has 2 heterocycles. The van der Waals surface area contributed by atoms with E-state index < -0.39 is 19.0 Å². The van der Waals surface area contributed by atoms with E-state index >= 15 is 0 Å². The van der Waals surface area contributed by atoms with E-state index in [0.717, 1.165) is 15.9 Å². The summed E-state index contributed by atoms with van der Waals surface area (Å²) in [5.41, 5.74) is 0.0888. The molecule has 1 aliphatic heterocycles. The third-order valence-electron chi connectivity index (χ3n) is 2.95. The predicted molar refractivity (Wildman–Crippen MR) is 103 cm³/mol. The highest BCUT2D eigenvalue weighted by Crippen LogP contribution is 2.55. The van der Waals surface area contributed by atoms with Crippen LogP contribution in [0.15, 0.2) is 28.0 Å². The van der Waals surface area contributed by atoms with Gasteiger partial charge in [-0.1, -0.05) is 5.16 Å². The number of oxime groups is 1. The third kappa shape index (κ3) is 7.08. The summed E-state index contributed by atoms with van der Waals surface area (Å²) in [6.07, 6.45) is 1.82. The predicted octanol–water partition coefficient (Wildman–Crippen LogP) is 5.09. The van der Waals surface area contributed by atoms with E-state index in [9.17, 15) is 4.57 Å². The van der Waals surface area contributed by atoms with Crippen molar-refractivity contribution in [2.24, 2.45) is 5.16 Å². The Kier molecular flexibility index (Phi) is 6.67. The van der Waals surface area contributed by atoms with E-state index in [2.05, 4.69) is 26.1 Å². The Balaban J connectivity index is 1.97. The van der Waals surface area contributed by atoms with E-state index in [4.69, 9.17) is 18.4 Å². The normalized spacial score (nSPS) is 18.6. The number of phosphoric acid groups is 1. The van der Waals surface area contributed by atoms with E-state index in [1.807, 2.05) is 12.1 Å². The molecule has 0 bridgehead atoms. The summed E-state index contributed by atoms with van der Waals surface area (Å²) in [7, 11) is -3.77. The van der Waals surface area contributed by atoms with Crippen LogP contribution in [0, 0.1) is 0 Å². The molecule has 146 valence electrons. The summed E-state index contributed by atoms with van der Waals surface area (Å²) in [5, 5.41) is 4.05. The molecule has 0 saturated carbocycles. The monoisotopic (exact) mass is 448 g/mol. The molecule has 2 rings (SSSR count). The minimum atomic E-state index is -3.77. The van der Waals surface area contributed by atoms with Gasteiger partial charge < -0.3 is 4.84 Å². The lowest BCUT2D eigenvalue weighted by atomic mass is 10.1. The molecule has 0 aliphatic carbocycles. The lowest BCUT2D eigenvalue weighted by molar-refractivity contribution is -0.0191. The van der Waals surface area contributed by atoms with Crippen LogP contribution >= 0.6 is 23.8 Å². The van der Waals surface area contributed by atoms with Crippen LogP contribution in [0.5, 0.6) is 0 Å². The highest BCUT2D eigenvalue weighted by Gasteiger charge is 2.38. The van der Waals surface area contributed by atoms with Gasteiger partial charge in [0.1, 0.15) is 5.71 Å². The number of hydrogen-bond donors (Lipinski definition) is 0. The topological polar surface area (TPSA) is 79.2 Å². The molecule has 9 heteroatoms. The second kappa shape index (κ2) is 8.07. The molecule has 7 nitrogen and oxygen atoms in total. The van der Waals surface area contributed by atoms with Gasteiger partial charge in [-0.05, 0) is 69.6 Å². The Hall–Kier alpha value is -0.790. The lowest BCUT2D eigenvalue weighted by Crippen LogP contribution is -2.26. The highest BCUT2D eigenvalue weighted by atomic mass is 79.9. The number of phosphoric ester groups is 1. The number of hydrogen-bond acceptors (Lipinski definition) is 7. The highest BCUT2D eigenvalue weighted by molar-refractivity contribution is 9.10. The van der Waals surface area contributed by atoms with Gasteiger partial charge in [0.15, 0.2) is 6.10 Å². The molecule has 0 amide bonds. The van der Waals surface area contributed by atoms with Crippen molar-refractivity contribution < 1.29 is 23.0 Å². The van der Waals surface area contributed by atoms with Gasteiger partial charge in [0.25, 0.3) is 0 Å². The first-order valence-electron chi connectivity index (χ1n) is 8.36. The standard InChI is InChI=1S/C17H26BrN2O5P/c1-16(2,3)24-26(21,25-17(4,5)6)22-11-13-9-15(20-23-13)14-8-7-12(18)10-19-14/h7-8,10,13H,9,11H2,1-6H3. The first-order valence-corrected chi connectivity index (χ1v) is 10.6. The van der Waals surface area contributed by atoms with Crippen LogP contribution in [0.25, 0.3) is 0 Å². The van der Waals surface area contributed by atoms with Crippen LogP contribution in [0.2, 0.25) is 0 Å². The third-order valence-corrected chi connectivity index (χ3v) is 5.42. The van der Waals surface area contributed by atoms with Gasteiger partial charge in [0.05, 0.1) is 23.5 Å². The molecule has 1 aromatic heterocycles. The van der Waals surface area contributed by atoms with Crippen molar-refractivity contribution in [1.82, 2.24) is 4.98 Å². The number of rotatable bonds is 6. The Morgan fingerprint density at radius 1 is 1.19 bits per heavy atom. The Bertz CT molecular complexity index is 675. The summed E-state index contributed by atoms with van der Waals surface area (Å²) in [4.78, 5) is 9.68. The van der Waals surface area contributed by atoms with Gasteiger partial charge in [-0.2, -0.15) is 0 Å². The minimum Gasteiger partial charge on any atom is -0.389 e. The fourth-order valence-electron chi connectivity index (χ4n) is 2.13. The summed E-state index contributed by atoms with van der Waals surface area (Å²) in [6.45, 7) is 10.8. The van der Waals surface area contributed by atoms with Crippen molar-refractivity contribution in [2.45, 2.75) is 65.3 Å². The molecule has 0 N–H and O–H groups in total. The first kappa shape index (κ1) is 21.5. The number of pyridine rings is 1. The summed E-state index contributed by atoms with van der Waals surface area (Å²) < 4.78 is 30.6. The van der Waals surface area contributed by atoms with Crippen molar-refractivity contribution in [3.8, 4) is 0 Å². The molecule has 0 radical (unpaired) electrons. The smallest absolute Gasteiger partial charge is 0.389 e. The zero-order chi connectivity index (χ0) is 19.6. The van der Waals surface area contributed by atoms with Crippen LogP contribution in [0.4, 0.5) is 0 Å². The van der Waals surface area contributed by atoms with Crippen molar-refractivity contribution >= 4 is 29.5 Å². The molecule has 1 unspecified atom stereocenters. The van der Waals surface area contributed by atoms with Gasteiger partial charge >= 0.3 is 7.82 Å². The van der Waals surface area contributed by atoms with Crippen LogP contribution < -0.4 is 0 Å². The largest absolute Gasteiger partial charge is 0.475 e. The summed E-state index contributed by atoms with van der Waals surface area (Å²) >= 11 is 3.35. The summed E-state index contributed by atoms with van der Waals surface area (Å²) in [5.74, 6) is 0. The molecule has 26 heavy (non-hydrogen) atoms. The van der Waals surface area contributed by atoms with Crippen LogP contribution in [0.1, 0.15) is 53.7 Å². The summed E-state index contributed by atoms with van der Waals surface area (Å²) in [6, 6.07) is 3.74. The SMILES string of the molecule is CC(C)(C)OP(=O)(OCC1CC(c2ccc(Br)cn2)=NO1)OC(C)(C)C. The Morgan fingerprint density at radius 3 is 2.31 bits per heavy atom. The molecule has 0 saturated heterocycles. The minimum absolute atomic E-state index is 0.0347. The van der Waals surface area contributed by atoms with Crippen molar-refractivity contribution in [1.29, 1.82) is 0 Å². The maximum atomic E-state index is 13.0. The van der Waals surface area contributed by atoms with Gasteiger partial charge in [-0.25, -0.2) is 4.57 Å². The number of aromatic nitrogens is 1. The van der Waals surface area contributed by atoms with E-state index in [1.54, 1.807) is 47.7 Å². The maximum absolute atomic E-state index is 13.0. The van der Waals surface area contributed by atoms with Gasteiger partial charge in [-0.15, -0.1) is 0 Å². The Labute approximate surface area is 163 Å². The molecule has 0 spiro atoms. The number of nitrogens with zero attached hydrogens (tertiary/aromatic N) is 2. The molecule has 0 fully saturated rings. The molecular weight excluding hydrogens is 423 g/mol. The lowest BCUT2D eigenvalue weighted by Gasteiger charge is -2.31. The average molecular weight is 449 g/mol. The fraction of sp³-hybridized carbons (Fsp3) is 0.647. The maximum Gasteiger partial charge on any atom is 0.475 e. The second-order valence-corrected chi connectivity index (χ2v) is 10.4. The van der Waals surface area contributed by atoms with Gasteiger partial charge in [0, 0.05) is 17.1 Å². The molecule has 0 aromatic carbocycles. The number of halogens is 1. The quantitative estimate of drug-likeness (QED) is 0.563. The fourth-order valence-corrected chi connectivity index (χ4v) is 4.20. The van der Waals surface area contributed by atoms with Crippen molar-refractivity contribution in [3.63, 3.8) is 0 Å². The van der Waals surface area contributed by atoms with E-state index in [1.165, 1.54) is 0 Å². The molecular formula is C17H26BrN2O5P. The second-order valence-electron chi connectivity index (χ2n) is 7.98. The molecule has 1 aromatic rings. The molecule has 1 atom stereocenters. The van der Waals surface area contributed by atoms with E-state index in [-0.39, 0.29) is 12.7 Å². The Morgan fingerprint density at radius 2 is 1.81 bits per heavy atom.